The van der Waals surface area contributed by atoms with Gasteiger partial charge in [0.2, 0.25) is 14.1 Å². The van der Waals surface area contributed by atoms with Crippen LogP contribution in [0, 0.1) is 23.7 Å². The van der Waals surface area contributed by atoms with Crippen LogP contribution < -0.4 is 0 Å². The first-order valence-corrected chi connectivity index (χ1v) is 19.6. The van der Waals surface area contributed by atoms with Crippen LogP contribution in [0.2, 0.25) is 16.6 Å². The smallest absolute Gasteiger partial charge is 0.303 e. The van der Waals surface area contributed by atoms with Crippen LogP contribution in [0.15, 0.2) is 35.5 Å². The fourth-order valence-electron chi connectivity index (χ4n) is 8.54. The molecule has 6 nitrogen and oxygen atoms in total. The van der Waals surface area contributed by atoms with Crippen molar-refractivity contribution in [3.63, 3.8) is 0 Å². The summed E-state index contributed by atoms with van der Waals surface area (Å²) in [5, 5.41) is 9.24. The number of esters is 1. The first-order chi connectivity index (χ1) is 20.6. The average Bonchev–Trinajstić information content (AvgIpc) is 3.29. The van der Waals surface area contributed by atoms with Crippen molar-refractivity contribution >= 4 is 14.3 Å². The van der Waals surface area contributed by atoms with Crippen molar-refractivity contribution in [2.75, 3.05) is 19.8 Å². The van der Waals surface area contributed by atoms with E-state index in [9.17, 15) is 9.90 Å². The molecular weight excluding hydrogens is 568 g/mol. The van der Waals surface area contributed by atoms with Gasteiger partial charge in [0.25, 0.3) is 0 Å². The predicted octanol–water partition coefficient (Wildman–Crippen LogP) is 8.91. The molecule has 2 bridgehead atoms. The molecule has 1 N–H and O–H groups in total. The van der Waals surface area contributed by atoms with Gasteiger partial charge in [-0.2, -0.15) is 0 Å². The highest BCUT2D eigenvalue weighted by molar-refractivity contribution is 6.77. The fraction of sp³-hybridized carbons (Fsp3) is 0.811. The normalized spacial score (nSPS) is 31.9. The summed E-state index contributed by atoms with van der Waals surface area (Å²) >= 11 is 0. The summed E-state index contributed by atoms with van der Waals surface area (Å²) in [7, 11) is -2.20. The molecule has 0 aromatic rings. The van der Waals surface area contributed by atoms with Gasteiger partial charge in [-0.1, -0.05) is 86.0 Å². The molecule has 0 saturated carbocycles. The minimum atomic E-state index is -2.20. The number of aliphatic hydroxyl groups is 1. The van der Waals surface area contributed by atoms with E-state index in [1.165, 1.54) is 12.5 Å². The topological polar surface area (TPSA) is 74.2 Å². The maximum atomic E-state index is 12.5. The molecule has 2 aliphatic heterocycles. The van der Waals surface area contributed by atoms with E-state index >= 15 is 0 Å². The van der Waals surface area contributed by atoms with Crippen LogP contribution in [0.1, 0.15) is 115 Å². The molecule has 7 heteroatoms. The molecule has 0 fully saturated rings. The second-order valence-electron chi connectivity index (χ2n) is 15.2. The minimum absolute atomic E-state index is 0.220. The van der Waals surface area contributed by atoms with E-state index < -0.39 is 25.8 Å². The largest absolute Gasteiger partial charge is 0.459 e. The predicted molar refractivity (Wildman–Crippen MR) is 182 cm³/mol. The van der Waals surface area contributed by atoms with Gasteiger partial charge in [0, 0.05) is 19.1 Å². The van der Waals surface area contributed by atoms with Gasteiger partial charge in [0.1, 0.15) is 11.7 Å². The van der Waals surface area contributed by atoms with Crippen LogP contribution in [-0.2, 0) is 23.4 Å². The van der Waals surface area contributed by atoms with Gasteiger partial charge in [-0.25, -0.2) is 0 Å². The molecule has 0 saturated heterocycles. The van der Waals surface area contributed by atoms with Gasteiger partial charge in [-0.15, -0.1) is 0 Å². The van der Waals surface area contributed by atoms with Crippen LogP contribution in [0.25, 0.3) is 0 Å². The standard InChI is InChI=1S/C37H64O6Si/c1-25(2)32-17-16-29(9)33-23-35(42-30(10)39)36(11)18-19-37(43-36,40-21-15-13-12-14-20-38)31(22-34(32)33)24-41-44(26(3)4,27(5)6)28(7)8/h16,18-19,22,25-28,32-35,38H,12-15,17,20-21,23-24H2,1-11H3/b31-22-/t32-,33+,34-,35+,36+,37-/m1/s1. The Balaban J connectivity index is 2.17. The fourth-order valence-corrected chi connectivity index (χ4v) is 13.9. The van der Waals surface area contributed by atoms with Crippen LogP contribution in [0.3, 0.4) is 0 Å². The van der Waals surface area contributed by atoms with E-state index in [-0.39, 0.29) is 24.4 Å². The number of rotatable bonds is 15. The Morgan fingerprint density at radius 2 is 1.66 bits per heavy atom. The molecule has 0 amide bonds. The molecule has 3 aliphatic rings. The molecular formula is C37H64O6Si. The Morgan fingerprint density at radius 3 is 2.23 bits per heavy atom. The maximum Gasteiger partial charge on any atom is 0.303 e. The lowest BCUT2D eigenvalue weighted by Gasteiger charge is -2.44. The lowest BCUT2D eigenvalue weighted by molar-refractivity contribution is -0.237. The average molecular weight is 633 g/mol. The maximum absolute atomic E-state index is 12.5. The number of allylic oxidation sites excluding steroid dienone is 3. The second-order valence-corrected chi connectivity index (χ2v) is 20.6. The van der Waals surface area contributed by atoms with Crippen LogP contribution in [0.4, 0.5) is 0 Å². The Labute approximate surface area is 270 Å². The summed E-state index contributed by atoms with van der Waals surface area (Å²) in [6, 6.07) is 0. The van der Waals surface area contributed by atoms with E-state index in [1.807, 2.05) is 6.92 Å². The van der Waals surface area contributed by atoms with Crippen molar-refractivity contribution in [1.82, 2.24) is 0 Å². The second kappa shape index (κ2) is 15.6. The van der Waals surface area contributed by atoms with Gasteiger partial charge in [0.15, 0.2) is 0 Å². The van der Waals surface area contributed by atoms with Crippen molar-refractivity contribution in [3.8, 4) is 0 Å². The first-order valence-electron chi connectivity index (χ1n) is 17.5. The molecule has 44 heavy (non-hydrogen) atoms. The summed E-state index contributed by atoms with van der Waals surface area (Å²) in [6.45, 7) is 25.6. The molecule has 0 aromatic carbocycles. The zero-order valence-corrected chi connectivity index (χ0v) is 30.8. The lowest BCUT2D eigenvalue weighted by atomic mass is 9.65. The molecule has 2 heterocycles. The van der Waals surface area contributed by atoms with Crippen molar-refractivity contribution in [3.05, 3.63) is 35.5 Å². The molecule has 0 aromatic heterocycles. The van der Waals surface area contributed by atoms with Crippen LogP contribution >= 0.6 is 0 Å². The highest BCUT2D eigenvalue weighted by Gasteiger charge is 2.54. The number of aliphatic hydroxyl groups excluding tert-OH is 1. The van der Waals surface area contributed by atoms with E-state index in [4.69, 9.17) is 18.6 Å². The molecule has 0 spiro atoms. The SMILES string of the molecule is CC(=O)O[C@H]1C[C@H]2C(C)=CC[C@H](C(C)C)[C@H]2/C=C(/CO[Si](C(C)C)(C(C)C)C(C)C)[C@@]2(OCCCCCCO)C=C[C@]1(C)O2. The van der Waals surface area contributed by atoms with Crippen molar-refractivity contribution in [2.45, 2.75) is 149 Å². The van der Waals surface area contributed by atoms with Gasteiger partial charge in [0.05, 0.1) is 13.2 Å². The summed E-state index contributed by atoms with van der Waals surface area (Å²) in [4.78, 5) is 12.5. The number of hydrogen-bond donors (Lipinski definition) is 1. The summed E-state index contributed by atoms with van der Waals surface area (Å²) in [5.74, 6) is 0.0172. The molecule has 3 rings (SSSR count). The van der Waals surface area contributed by atoms with Gasteiger partial charge in [-0.3, -0.25) is 4.79 Å². The van der Waals surface area contributed by atoms with Gasteiger partial charge < -0.3 is 23.7 Å². The Kier molecular flexibility index (Phi) is 13.2. The summed E-state index contributed by atoms with van der Waals surface area (Å²) in [6.07, 6.45) is 13.9. The highest BCUT2D eigenvalue weighted by atomic mass is 28.4. The monoisotopic (exact) mass is 632 g/mol. The molecule has 0 radical (unpaired) electrons. The highest BCUT2D eigenvalue weighted by Crippen LogP contribution is 2.51. The van der Waals surface area contributed by atoms with Crippen molar-refractivity contribution in [1.29, 1.82) is 0 Å². The number of hydrogen-bond acceptors (Lipinski definition) is 6. The number of fused-ring (bicyclic) bond motifs is 3. The molecule has 0 unspecified atom stereocenters. The zero-order valence-electron chi connectivity index (χ0n) is 29.8. The van der Waals surface area contributed by atoms with Crippen LogP contribution in [0.5, 0.6) is 0 Å². The Hall–Kier alpha value is -1.25. The zero-order chi connectivity index (χ0) is 32.9. The molecule has 1 aliphatic carbocycles. The summed E-state index contributed by atoms with van der Waals surface area (Å²) in [5.41, 5.74) is 2.93. The van der Waals surface area contributed by atoms with E-state index in [0.717, 1.165) is 37.7 Å². The first kappa shape index (κ1) is 37.2. The third-order valence-corrected chi connectivity index (χ3v) is 17.0. The minimum Gasteiger partial charge on any atom is -0.459 e. The number of carbonyl (C=O) groups is 1. The third-order valence-electron chi connectivity index (χ3n) is 10.9. The van der Waals surface area contributed by atoms with Gasteiger partial charge in [-0.05, 0) is 92.0 Å². The lowest BCUT2D eigenvalue weighted by Crippen LogP contribution is -2.50. The van der Waals surface area contributed by atoms with Gasteiger partial charge >= 0.3 is 5.97 Å². The Morgan fingerprint density at radius 1 is 1.02 bits per heavy atom. The quantitative estimate of drug-likeness (QED) is 0.0841. The number of ether oxygens (including phenoxy) is 3. The molecule has 6 atom stereocenters. The van der Waals surface area contributed by atoms with E-state index in [1.54, 1.807) is 0 Å². The third kappa shape index (κ3) is 7.99. The van der Waals surface area contributed by atoms with Crippen LogP contribution in [-0.4, -0.2) is 56.7 Å². The Bertz CT molecular complexity index is 1020. The van der Waals surface area contributed by atoms with E-state index in [0.29, 0.717) is 48.1 Å². The number of unbranched alkanes of at least 4 members (excludes halogenated alkanes) is 3. The van der Waals surface area contributed by atoms with Crippen molar-refractivity contribution < 1.29 is 28.5 Å². The van der Waals surface area contributed by atoms with Crippen molar-refractivity contribution in [2.24, 2.45) is 23.7 Å². The summed E-state index contributed by atoms with van der Waals surface area (Å²) < 4.78 is 27.3. The molecule has 252 valence electrons. The van der Waals surface area contributed by atoms with E-state index in [2.05, 4.69) is 86.6 Å². The number of carbonyl (C=O) groups excluding carboxylic acids is 1.